The lowest BCUT2D eigenvalue weighted by Crippen LogP contribution is -2.41. The summed E-state index contributed by atoms with van der Waals surface area (Å²) in [5.41, 5.74) is 8.09. The second-order valence-corrected chi connectivity index (χ2v) is 10.8. The molecule has 1 aliphatic heterocycles. The van der Waals surface area contributed by atoms with Gasteiger partial charge in [-0.2, -0.15) is 0 Å². The van der Waals surface area contributed by atoms with E-state index in [-0.39, 0.29) is 23.7 Å². The minimum atomic E-state index is -0.313. The fourth-order valence-electron chi connectivity index (χ4n) is 5.45. The van der Waals surface area contributed by atoms with Crippen molar-refractivity contribution in [2.24, 2.45) is 0 Å². The Morgan fingerprint density at radius 2 is 1.52 bits per heavy atom. The molecule has 0 bridgehead atoms. The van der Waals surface area contributed by atoms with Crippen molar-refractivity contribution in [3.05, 3.63) is 64.6 Å². The molecule has 4 heteroatoms. The molecule has 0 amide bonds. The van der Waals surface area contributed by atoms with Crippen LogP contribution in [0.4, 0.5) is 0 Å². The van der Waals surface area contributed by atoms with E-state index in [0.717, 1.165) is 24.0 Å². The topological polar surface area (TPSA) is 31.6 Å². The van der Waals surface area contributed by atoms with E-state index in [1.54, 1.807) is 0 Å². The average molecular weight is 412 g/mol. The SMILES string of the molecule is CC1(C)C2=C(CCC(B3OC(C)(C)C(C)(C)O3)=C2)c2cc3c(cc21)oc1ccccc13. The van der Waals surface area contributed by atoms with Crippen LogP contribution in [-0.4, -0.2) is 18.3 Å². The predicted molar refractivity (Wildman–Crippen MR) is 127 cm³/mol. The molecule has 2 aliphatic carbocycles. The molecular formula is C27H29BO3. The van der Waals surface area contributed by atoms with Crippen LogP contribution in [0.25, 0.3) is 27.5 Å². The van der Waals surface area contributed by atoms with Crippen molar-refractivity contribution >= 4 is 34.6 Å². The molecule has 3 nitrogen and oxygen atoms in total. The van der Waals surface area contributed by atoms with Crippen LogP contribution in [0, 0.1) is 0 Å². The van der Waals surface area contributed by atoms with Crippen molar-refractivity contribution < 1.29 is 13.7 Å². The fraction of sp³-hybridized carbons (Fsp3) is 0.407. The standard InChI is InChI=1S/C27H29BO3/c1-25(2)21-13-16(28-30-26(3,4)27(5,6)31-28)11-12-17(21)19-14-20-18-9-7-8-10-23(18)29-24(20)15-22(19)25/h7-10,13-15H,11-12H2,1-6H3. The summed E-state index contributed by atoms with van der Waals surface area (Å²) in [7, 11) is -0.265. The van der Waals surface area contributed by atoms with Crippen molar-refractivity contribution in [3.8, 4) is 0 Å². The van der Waals surface area contributed by atoms with Gasteiger partial charge < -0.3 is 13.7 Å². The van der Waals surface area contributed by atoms with Crippen LogP contribution in [0.2, 0.25) is 0 Å². The Labute approximate surface area is 184 Å². The Morgan fingerprint density at radius 3 is 2.26 bits per heavy atom. The lowest BCUT2D eigenvalue weighted by molar-refractivity contribution is 0.00578. The number of hydrogen-bond acceptors (Lipinski definition) is 3. The number of fused-ring (bicyclic) bond motifs is 5. The first-order valence-corrected chi connectivity index (χ1v) is 11.3. The van der Waals surface area contributed by atoms with Crippen LogP contribution in [0.5, 0.6) is 0 Å². The van der Waals surface area contributed by atoms with Gasteiger partial charge in [0, 0.05) is 16.2 Å². The van der Waals surface area contributed by atoms with Crippen LogP contribution >= 0.6 is 0 Å². The third kappa shape index (κ3) is 2.55. The quantitative estimate of drug-likeness (QED) is 0.404. The van der Waals surface area contributed by atoms with E-state index in [4.69, 9.17) is 13.7 Å². The number of para-hydroxylation sites is 1. The van der Waals surface area contributed by atoms with E-state index in [9.17, 15) is 0 Å². The Kier molecular flexibility index (Phi) is 3.71. The zero-order valence-corrected chi connectivity index (χ0v) is 19.3. The third-order valence-corrected chi connectivity index (χ3v) is 8.06. The molecule has 1 fully saturated rings. The molecule has 0 spiro atoms. The van der Waals surface area contributed by atoms with Gasteiger partial charge in [-0.15, -0.1) is 0 Å². The number of allylic oxidation sites excluding steroid dienone is 4. The second-order valence-electron chi connectivity index (χ2n) is 10.8. The van der Waals surface area contributed by atoms with Crippen LogP contribution in [0.3, 0.4) is 0 Å². The summed E-state index contributed by atoms with van der Waals surface area (Å²) >= 11 is 0. The monoisotopic (exact) mass is 412 g/mol. The van der Waals surface area contributed by atoms with E-state index in [2.05, 4.69) is 78.0 Å². The van der Waals surface area contributed by atoms with Gasteiger partial charge in [-0.1, -0.05) is 38.1 Å². The van der Waals surface area contributed by atoms with Crippen LogP contribution in [-0.2, 0) is 14.7 Å². The Morgan fingerprint density at radius 1 is 0.806 bits per heavy atom. The number of rotatable bonds is 1. The van der Waals surface area contributed by atoms with Crippen molar-refractivity contribution in [1.82, 2.24) is 0 Å². The molecule has 3 aliphatic rings. The summed E-state index contributed by atoms with van der Waals surface area (Å²) in [5.74, 6) is 0. The average Bonchev–Trinajstić information content (AvgIpc) is 3.26. The summed E-state index contributed by atoms with van der Waals surface area (Å²) in [6.45, 7) is 13.1. The molecule has 1 aromatic heterocycles. The third-order valence-electron chi connectivity index (χ3n) is 8.06. The maximum Gasteiger partial charge on any atom is 0.490 e. The van der Waals surface area contributed by atoms with E-state index in [1.165, 1.54) is 38.5 Å². The first-order chi connectivity index (χ1) is 14.6. The number of hydrogen-bond donors (Lipinski definition) is 0. The summed E-state index contributed by atoms with van der Waals surface area (Å²) in [5, 5.41) is 2.40. The molecule has 0 saturated carbocycles. The predicted octanol–water partition coefficient (Wildman–Crippen LogP) is 6.98. The lowest BCUT2D eigenvalue weighted by atomic mass is 9.69. The maximum absolute atomic E-state index is 6.37. The molecule has 158 valence electrons. The molecule has 1 saturated heterocycles. The van der Waals surface area contributed by atoms with Gasteiger partial charge in [0.1, 0.15) is 11.2 Å². The number of benzene rings is 2. The zero-order valence-electron chi connectivity index (χ0n) is 19.3. The number of furan rings is 1. The highest BCUT2D eigenvalue weighted by atomic mass is 16.7. The van der Waals surface area contributed by atoms with Gasteiger partial charge in [0.2, 0.25) is 0 Å². The van der Waals surface area contributed by atoms with E-state index < -0.39 is 0 Å². The van der Waals surface area contributed by atoms with Gasteiger partial charge in [0.25, 0.3) is 0 Å². The molecular weight excluding hydrogens is 383 g/mol. The lowest BCUT2D eigenvalue weighted by Gasteiger charge is -2.32. The van der Waals surface area contributed by atoms with Gasteiger partial charge in [-0.25, -0.2) is 0 Å². The van der Waals surface area contributed by atoms with Gasteiger partial charge in [-0.05, 0) is 86.5 Å². The van der Waals surface area contributed by atoms with E-state index in [0.29, 0.717) is 0 Å². The van der Waals surface area contributed by atoms with Gasteiger partial charge in [0.05, 0.1) is 11.2 Å². The molecule has 2 aromatic carbocycles. The highest BCUT2D eigenvalue weighted by Gasteiger charge is 2.53. The zero-order chi connectivity index (χ0) is 21.8. The smallest absolute Gasteiger partial charge is 0.456 e. The Bertz CT molecular complexity index is 1300. The molecule has 0 unspecified atom stereocenters. The highest BCUT2D eigenvalue weighted by molar-refractivity contribution is 6.54. The summed E-state index contributed by atoms with van der Waals surface area (Å²) in [6.07, 6.45) is 4.35. The fourth-order valence-corrected chi connectivity index (χ4v) is 5.45. The largest absolute Gasteiger partial charge is 0.490 e. The van der Waals surface area contributed by atoms with Crippen molar-refractivity contribution in [2.75, 3.05) is 0 Å². The van der Waals surface area contributed by atoms with Crippen molar-refractivity contribution in [3.63, 3.8) is 0 Å². The molecule has 3 aromatic rings. The minimum absolute atomic E-state index is 0.0762. The molecule has 0 radical (unpaired) electrons. The first kappa shape index (κ1) is 19.4. The highest BCUT2D eigenvalue weighted by Crippen LogP contribution is 2.53. The molecule has 0 N–H and O–H groups in total. The minimum Gasteiger partial charge on any atom is -0.456 e. The van der Waals surface area contributed by atoms with Gasteiger partial charge in [0.15, 0.2) is 0 Å². The molecule has 6 rings (SSSR count). The molecule has 31 heavy (non-hydrogen) atoms. The maximum atomic E-state index is 6.37. The van der Waals surface area contributed by atoms with Gasteiger partial charge >= 0.3 is 7.12 Å². The van der Waals surface area contributed by atoms with Gasteiger partial charge in [-0.3, -0.25) is 0 Å². The Hall–Kier alpha value is -2.30. The van der Waals surface area contributed by atoms with Crippen LogP contribution in [0.15, 0.2) is 57.9 Å². The summed E-state index contributed by atoms with van der Waals surface area (Å²) < 4.78 is 18.9. The summed E-state index contributed by atoms with van der Waals surface area (Å²) in [4.78, 5) is 0. The van der Waals surface area contributed by atoms with Crippen LogP contribution in [0.1, 0.15) is 65.5 Å². The summed E-state index contributed by atoms with van der Waals surface area (Å²) in [6, 6.07) is 12.9. The van der Waals surface area contributed by atoms with Crippen molar-refractivity contribution in [1.29, 1.82) is 0 Å². The first-order valence-electron chi connectivity index (χ1n) is 11.3. The van der Waals surface area contributed by atoms with Crippen molar-refractivity contribution in [2.45, 2.75) is 71.0 Å². The molecule has 2 heterocycles. The van der Waals surface area contributed by atoms with E-state index in [1.807, 2.05) is 6.07 Å². The Balaban J connectivity index is 1.47. The van der Waals surface area contributed by atoms with Crippen LogP contribution < -0.4 is 0 Å². The molecule has 0 atom stereocenters. The van der Waals surface area contributed by atoms with E-state index >= 15 is 0 Å². The second kappa shape index (κ2) is 5.93. The normalized spacial score (nSPS) is 23.4.